The molecule has 3 aliphatic rings. The summed E-state index contributed by atoms with van der Waals surface area (Å²) in [4.78, 5) is 14.8. The van der Waals surface area contributed by atoms with E-state index >= 15 is 0 Å². The van der Waals surface area contributed by atoms with Gasteiger partial charge in [0.05, 0.1) is 12.1 Å². The largest absolute Gasteiger partial charge is 0.376 e. The highest BCUT2D eigenvalue weighted by Gasteiger charge is 2.35. The molecule has 1 N–H and O–H groups in total. The smallest absolute Gasteiger partial charge is 0.240 e. The van der Waals surface area contributed by atoms with E-state index in [0.29, 0.717) is 11.9 Å². The topological polar surface area (TPSA) is 41.6 Å². The molecule has 19 heavy (non-hydrogen) atoms. The Bertz CT molecular complexity index is 312. The molecule has 3 saturated heterocycles. The lowest BCUT2D eigenvalue weighted by Gasteiger charge is -2.32. The Kier molecular flexibility index (Phi) is 4.95. The summed E-state index contributed by atoms with van der Waals surface area (Å²) in [7, 11) is 0. The number of thioether (sulfide) groups is 2. The van der Waals surface area contributed by atoms with Crippen LogP contribution in [0.1, 0.15) is 19.3 Å². The minimum Gasteiger partial charge on any atom is -0.376 e. The van der Waals surface area contributed by atoms with Crippen molar-refractivity contribution in [2.75, 3.05) is 36.3 Å². The number of nitrogens with zero attached hydrogens (tertiary/aromatic N) is 1. The SMILES string of the molecule is O=C(C1CSCN1)N(CC1CCCO1)C1CCSC1. The van der Waals surface area contributed by atoms with E-state index in [0.717, 1.165) is 49.8 Å². The predicted octanol–water partition coefficient (Wildman–Crippen LogP) is 1.16. The molecule has 6 heteroatoms. The van der Waals surface area contributed by atoms with Crippen LogP contribution in [0.2, 0.25) is 0 Å². The van der Waals surface area contributed by atoms with Crippen molar-refractivity contribution in [2.45, 2.75) is 37.5 Å². The maximum Gasteiger partial charge on any atom is 0.240 e. The third-order valence-corrected chi connectivity index (χ3v) is 6.15. The van der Waals surface area contributed by atoms with Crippen LogP contribution in [0.15, 0.2) is 0 Å². The van der Waals surface area contributed by atoms with Gasteiger partial charge in [-0.2, -0.15) is 11.8 Å². The maximum absolute atomic E-state index is 12.7. The fourth-order valence-corrected chi connectivity index (χ4v) is 5.11. The van der Waals surface area contributed by atoms with Gasteiger partial charge in [-0.1, -0.05) is 0 Å². The molecule has 0 aliphatic carbocycles. The lowest BCUT2D eigenvalue weighted by Crippen LogP contribution is -2.52. The van der Waals surface area contributed by atoms with E-state index in [1.807, 2.05) is 23.5 Å². The first-order chi connectivity index (χ1) is 9.34. The summed E-state index contributed by atoms with van der Waals surface area (Å²) >= 11 is 3.79. The molecular formula is C13H22N2O2S2. The highest BCUT2D eigenvalue weighted by atomic mass is 32.2. The van der Waals surface area contributed by atoms with Crippen molar-refractivity contribution in [1.82, 2.24) is 10.2 Å². The van der Waals surface area contributed by atoms with Gasteiger partial charge >= 0.3 is 0 Å². The quantitative estimate of drug-likeness (QED) is 0.844. The van der Waals surface area contributed by atoms with Gasteiger partial charge in [-0.3, -0.25) is 10.1 Å². The highest BCUT2D eigenvalue weighted by Crippen LogP contribution is 2.26. The van der Waals surface area contributed by atoms with Crippen LogP contribution in [0.3, 0.4) is 0 Å². The minimum atomic E-state index is 0.0250. The molecule has 0 bridgehead atoms. The molecule has 0 saturated carbocycles. The summed E-state index contributed by atoms with van der Waals surface area (Å²) < 4.78 is 5.73. The van der Waals surface area contributed by atoms with Crippen molar-refractivity contribution in [3.05, 3.63) is 0 Å². The average Bonchev–Trinajstić information content (AvgIpc) is 3.15. The predicted molar refractivity (Wildman–Crippen MR) is 80.7 cm³/mol. The molecule has 3 heterocycles. The molecule has 0 aromatic heterocycles. The van der Waals surface area contributed by atoms with Gasteiger partial charge in [0, 0.05) is 36.6 Å². The van der Waals surface area contributed by atoms with Crippen LogP contribution in [0.25, 0.3) is 0 Å². The van der Waals surface area contributed by atoms with E-state index in [1.165, 1.54) is 5.75 Å². The third-order valence-electron chi connectivity index (χ3n) is 4.07. The van der Waals surface area contributed by atoms with Crippen LogP contribution in [-0.2, 0) is 9.53 Å². The van der Waals surface area contributed by atoms with Gasteiger partial charge in [0.1, 0.15) is 0 Å². The lowest BCUT2D eigenvalue weighted by atomic mass is 10.1. The van der Waals surface area contributed by atoms with Crippen LogP contribution in [-0.4, -0.2) is 65.3 Å². The van der Waals surface area contributed by atoms with Crippen molar-refractivity contribution in [1.29, 1.82) is 0 Å². The molecule has 0 aromatic rings. The van der Waals surface area contributed by atoms with Crippen molar-refractivity contribution in [2.24, 2.45) is 0 Å². The molecule has 3 unspecified atom stereocenters. The molecule has 0 spiro atoms. The number of nitrogens with one attached hydrogen (secondary N) is 1. The molecule has 0 aromatic carbocycles. The summed E-state index contributed by atoms with van der Waals surface area (Å²) in [5.41, 5.74) is 0. The Labute approximate surface area is 123 Å². The number of carbonyl (C=O) groups is 1. The average molecular weight is 302 g/mol. The zero-order chi connectivity index (χ0) is 13.1. The number of hydrogen-bond acceptors (Lipinski definition) is 5. The van der Waals surface area contributed by atoms with Crippen LogP contribution >= 0.6 is 23.5 Å². The Hall–Kier alpha value is 0.0900. The van der Waals surface area contributed by atoms with E-state index in [-0.39, 0.29) is 12.1 Å². The maximum atomic E-state index is 12.7. The number of carbonyl (C=O) groups excluding carboxylic acids is 1. The molecule has 3 rings (SSSR count). The number of amides is 1. The van der Waals surface area contributed by atoms with Gasteiger partial charge in [0.25, 0.3) is 0 Å². The fourth-order valence-electron chi connectivity index (χ4n) is 2.95. The highest BCUT2D eigenvalue weighted by molar-refractivity contribution is 7.99. The second kappa shape index (κ2) is 6.70. The van der Waals surface area contributed by atoms with Crippen LogP contribution in [0.5, 0.6) is 0 Å². The Morgan fingerprint density at radius 1 is 1.32 bits per heavy atom. The lowest BCUT2D eigenvalue weighted by molar-refractivity contribution is -0.136. The molecular weight excluding hydrogens is 280 g/mol. The van der Waals surface area contributed by atoms with Gasteiger partial charge in [-0.05, 0) is 25.0 Å². The van der Waals surface area contributed by atoms with Crippen molar-refractivity contribution < 1.29 is 9.53 Å². The van der Waals surface area contributed by atoms with Gasteiger partial charge < -0.3 is 9.64 Å². The minimum absolute atomic E-state index is 0.0250. The Balaban J connectivity index is 1.65. The fraction of sp³-hybridized carbons (Fsp3) is 0.923. The van der Waals surface area contributed by atoms with Crippen molar-refractivity contribution >= 4 is 29.4 Å². The zero-order valence-corrected chi connectivity index (χ0v) is 12.8. The normalized spacial score (nSPS) is 34.8. The zero-order valence-electron chi connectivity index (χ0n) is 11.2. The Morgan fingerprint density at radius 3 is 2.89 bits per heavy atom. The van der Waals surface area contributed by atoms with Gasteiger partial charge in [-0.15, -0.1) is 11.8 Å². The summed E-state index contributed by atoms with van der Waals surface area (Å²) in [5.74, 6) is 4.41. The molecule has 3 atom stereocenters. The summed E-state index contributed by atoms with van der Waals surface area (Å²) in [6.07, 6.45) is 3.66. The molecule has 3 aliphatic heterocycles. The van der Waals surface area contributed by atoms with Gasteiger partial charge in [0.15, 0.2) is 0 Å². The van der Waals surface area contributed by atoms with Crippen molar-refractivity contribution in [3.8, 4) is 0 Å². The summed E-state index contributed by atoms with van der Waals surface area (Å²) in [6, 6.07) is 0.450. The van der Waals surface area contributed by atoms with E-state index in [2.05, 4.69) is 10.2 Å². The molecule has 0 radical (unpaired) electrons. The van der Waals surface area contributed by atoms with Crippen LogP contribution in [0, 0.1) is 0 Å². The first-order valence-electron chi connectivity index (χ1n) is 7.15. The van der Waals surface area contributed by atoms with Crippen LogP contribution < -0.4 is 5.32 Å². The number of ether oxygens (including phenoxy) is 1. The first kappa shape index (κ1) is 14.0. The van der Waals surface area contributed by atoms with E-state index < -0.39 is 0 Å². The van der Waals surface area contributed by atoms with Gasteiger partial charge in [0.2, 0.25) is 5.91 Å². The van der Waals surface area contributed by atoms with Gasteiger partial charge in [-0.25, -0.2) is 0 Å². The standard InChI is InChI=1S/C13H22N2O2S2/c16-13(12-8-19-9-14-12)15(10-3-5-18-7-10)6-11-2-1-4-17-11/h10-12,14H,1-9H2. The van der Waals surface area contributed by atoms with E-state index in [4.69, 9.17) is 4.74 Å². The number of hydrogen-bond donors (Lipinski definition) is 1. The third kappa shape index (κ3) is 3.40. The molecule has 1 amide bonds. The molecule has 108 valence electrons. The monoisotopic (exact) mass is 302 g/mol. The van der Waals surface area contributed by atoms with Crippen molar-refractivity contribution in [3.63, 3.8) is 0 Å². The first-order valence-corrected chi connectivity index (χ1v) is 9.46. The summed E-state index contributed by atoms with van der Waals surface area (Å²) in [6.45, 7) is 1.66. The second-order valence-electron chi connectivity index (χ2n) is 5.41. The summed E-state index contributed by atoms with van der Waals surface area (Å²) in [5, 5.41) is 3.31. The number of rotatable bonds is 4. The second-order valence-corrected chi connectivity index (χ2v) is 7.59. The Morgan fingerprint density at radius 2 is 2.26 bits per heavy atom. The van der Waals surface area contributed by atoms with E-state index in [9.17, 15) is 4.79 Å². The van der Waals surface area contributed by atoms with Crippen LogP contribution in [0.4, 0.5) is 0 Å². The molecule has 4 nitrogen and oxygen atoms in total. The molecule has 3 fully saturated rings. The van der Waals surface area contributed by atoms with E-state index in [1.54, 1.807) is 0 Å².